The standard InChI is InChI=1S/C19H13F3N4O2S/c20-19(21,22)18(27)12-9-28-15-7-2-1-5-11(15)16(12)25-26(18)17-24-14(10-29-17)13-6-3-4-8-23-13/h1-8,10,12,27H,9H2/t12-,18+/m1/s1. The fourth-order valence-electron chi connectivity index (χ4n) is 3.51. The van der Waals surface area contributed by atoms with Gasteiger partial charge in [0.1, 0.15) is 18.1 Å². The highest BCUT2D eigenvalue weighted by molar-refractivity contribution is 7.14. The summed E-state index contributed by atoms with van der Waals surface area (Å²) in [5.41, 5.74) is -1.79. The van der Waals surface area contributed by atoms with Gasteiger partial charge in [0.05, 0.1) is 17.3 Å². The van der Waals surface area contributed by atoms with Crippen molar-refractivity contribution < 1.29 is 23.0 Å². The lowest BCUT2D eigenvalue weighted by Crippen LogP contribution is -2.61. The molecule has 1 aromatic carbocycles. The highest BCUT2D eigenvalue weighted by Crippen LogP contribution is 2.50. The molecule has 0 saturated heterocycles. The van der Waals surface area contributed by atoms with Gasteiger partial charge in [-0.2, -0.15) is 23.3 Å². The van der Waals surface area contributed by atoms with Gasteiger partial charge in [0.15, 0.2) is 0 Å². The predicted octanol–water partition coefficient (Wildman–Crippen LogP) is 3.69. The normalized spacial score (nSPS) is 23.2. The Kier molecular flexibility index (Phi) is 3.90. The molecule has 2 aliphatic rings. The van der Waals surface area contributed by atoms with E-state index >= 15 is 0 Å². The van der Waals surface area contributed by atoms with Gasteiger partial charge in [-0.05, 0) is 24.3 Å². The summed E-state index contributed by atoms with van der Waals surface area (Å²) in [6.07, 6.45) is -3.42. The third-order valence-electron chi connectivity index (χ3n) is 4.93. The lowest BCUT2D eigenvalue weighted by molar-refractivity contribution is -0.270. The monoisotopic (exact) mass is 418 g/mol. The number of fused-ring (bicyclic) bond motifs is 3. The number of halogens is 3. The predicted molar refractivity (Wildman–Crippen MR) is 101 cm³/mol. The molecular formula is C19H13F3N4O2S. The Morgan fingerprint density at radius 3 is 2.69 bits per heavy atom. The number of anilines is 1. The number of aliphatic hydroxyl groups is 1. The van der Waals surface area contributed by atoms with Gasteiger partial charge < -0.3 is 9.84 Å². The highest BCUT2D eigenvalue weighted by atomic mass is 32.1. The molecule has 0 saturated carbocycles. The van der Waals surface area contributed by atoms with Crippen LogP contribution in [0.2, 0.25) is 0 Å². The Morgan fingerprint density at radius 2 is 1.93 bits per heavy atom. The van der Waals surface area contributed by atoms with Crippen molar-refractivity contribution in [1.82, 2.24) is 9.97 Å². The fourth-order valence-corrected chi connectivity index (χ4v) is 4.33. The first kappa shape index (κ1) is 18.1. The molecule has 2 aromatic heterocycles. The minimum atomic E-state index is -4.99. The van der Waals surface area contributed by atoms with Crippen LogP contribution in [0.3, 0.4) is 0 Å². The molecule has 0 spiro atoms. The van der Waals surface area contributed by atoms with E-state index in [1.807, 2.05) is 0 Å². The molecule has 29 heavy (non-hydrogen) atoms. The summed E-state index contributed by atoms with van der Waals surface area (Å²) in [5, 5.41) is 17.1. The smallest absolute Gasteiger partial charge is 0.439 e. The molecule has 0 aliphatic carbocycles. The van der Waals surface area contributed by atoms with Crippen molar-refractivity contribution in [2.45, 2.75) is 11.9 Å². The van der Waals surface area contributed by atoms with Crippen molar-refractivity contribution in [1.29, 1.82) is 0 Å². The summed E-state index contributed by atoms with van der Waals surface area (Å²) in [6, 6.07) is 11.9. The topological polar surface area (TPSA) is 70.8 Å². The minimum Gasteiger partial charge on any atom is -0.492 e. The number of pyridine rings is 1. The Balaban J connectivity index is 1.63. The molecule has 0 amide bonds. The largest absolute Gasteiger partial charge is 0.492 e. The zero-order valence-electron chi connectivity index (χ0n) is 14.7. The van der Waals surface area contributed by atoms with Crippen LogP contribution in [0.4, 0.5) is 18.3 Å². The molecule has 2 aliphatic heterocycles. The molecule has 0 unspecified atom stereocenters. The average molecular weight is 418 g/mol. The maximum atomic E-state index is 14.1. The summed E-state index contributed by atoms with van der Waals surface area (Å²) in [6.45, 7) is -0.346. The van der Waals surface area contributed by atoms with Crippen molar-refractivity contribution in [2.24, 2.45) is 11.0 Å². The Morgan fingerprint density at radius 1 is 1.14 bits per heavy atom. The van der Waals surface area contributed by atoms with E-state index in [0.717, 1.165) is 11.3 Å². The van der Waals surface area contributed by atoms with Gasteiger partial charge in [0.2, 0.25) is 5.13 Å². The number of alkyl halides is 3. The first-order valence-electron chi connectivity index (χ1n) is 8.66. The van der Waals surface area contributed by atoms with Crippen LogP contribution >= 0.6 is 11.3 Å². The maximum Gasteiger partial charge on any atom is 0.439 e. The number of benzene rings is 1. The van der Waals surface area contributed by atoms with E-state index in [0.29, 0.717) is 27.7 Å². The highest BCUT2D eigenvalue weighted by Gasteiger charge is 2.69. The quantitative estimate of drug-likeness (QED) is 0.688. The van der Waals surface area contributed by atoms with Crippen molar-refractivity contribution in [3.63, 3.8) is 0 Å². The van der Waals surface area contributed by atoms with Crippen LogP contribution in [0.5, 0.6) is 5.75 Å². The number of ether oxygens (including phenoxy) is 1. The lowest BCUT2D eigenvalue weighted by atomic mass is 9.86. The molecule has 4 heterocycles. The maximum absolute atomic E-state index is 14.1. The van der Waals surface area contributed by atoms with Crippen LogP contribution in [0.15, 0.2) is 59.1 Å². The van der Waals surface area contributed by atoms with Gasteiger partial charge in [-0.15, -0.1) is 11.3 Å². The molecule has 6 nitrogen and oxygen atoms in total. The average Bonchev–Trinajstić information content (AvgIpc) is 3.32. The van der Waals surface area contributed by atoms with Gasteiger partial charge in [0.25, 0.3) is 5.72 Å². The fraction of sp³-hybridized carbons (Fsp3) is 0.211. The SMILES string of the molecule is O[C@]1(C(F)(F)F)[C@@H]2COc3ccccc3C2=NN1c1nc(-c2ccccn2)cs1. The number of hydrogen-bond acceptors (Lipinski definition) is 7. The van der Waals surface area contributed by atoms with Gasteiger partial charge in [-0.3, -0.25) is 4.98 Å². The third kappa shape index (κ3) is 2.63. The number of nitrogens with zero attached hydrogens (tertiary/aromatic N) is 4. The number of hydrogen-bond donors (Lipinski definition) is 1. The zero-order valence-corrected chi connectivity index (χ0v) is 15.5. The number of rotatable bonds is 2. The molecule has 0 fully saturated rings. The summed E-state index contributed by atoms with van der Waals surface area (Å²) >= 11 is 0.954. The molecule has 10 heteroatoms. The van der Waals surface area contributed by atoms with E-state index in [2.05, 4.69) is 15.1 Å². The third-order valence-corrected chi connectivity index (χ3v) is 5.75. The van der Waals surface area contributed by atoms with E-state index in [1.54, 1.807) is 54.0 Å². The minimum absolute atomic E-state index is 0.0788. The molecule has 0 radical (unpaired) electrons. The first-order valence-corrected chi connectivity index (χ1v) is 9.54. The van der Waals surface area contributed by atoms with Crippen LogP contribution in [0.25, 0.3) is 11.4 Å². The van der Waals surface area contributed by atoms with E-state index in [4.69, 9.17) is 4.74 Å². The van der Waals surface area contributed by atoms with Crippen molar-refractivity contribution in [3.05, 3.63) is 59.6 Å². The summed E-state index contributed by atoms with van der Waals surface area (Å²) in [4.78, 5) is 8.42. The number of aromatic nitrogens is 2. The van der Waals surface area contributed by atoms with Gasteiger partial charge in [-0.1, -0.05) is 18.2 Å². The Labute approximate surface area is 166 Å². The summed E-state index contributed by atoms with van der Waals surface area (Å²) in [7, 11) is 0. The molecule has 1 N–H and O–H groups in total. The number of thiazole rings is 1. The van der Waals surface area contributed by atoms with Crippen molar-refractivity contribution >= 4 is 22.2 Å². The van der Waals surface area contributed by atoms with Gasteiger partial charge >= 0.3 is 6.18 Å². The second kappa shape index (κ2) is 6.26. The van der Waals surface area contributed by atoms with Crippen LogP contribution < -0.4 is 9.75 Å². The Hall–Kier alpha value is -2.98. The molecule has 5 rings (SSSR count). The zero-order chi connectivity index (χ0) is 20.2. The van der Waals surface area contributed by atoms with Crippen molar-refractivity contribution in [3.8, 4) is 17.1 Å². The van der Waals surface area contributed by atoms with Crippen LogP contribution in [0.1, 0.15) is 5.56 Å². The molecule has 2 atom stereocenters. The lowest BCUT2D eigenvalue weighted by Gasteiger charge is -2.38. The summed E-state index contributed by atoms with van der Waals surface area (Å²) in [5.74, 6) is -0.971. The number of para-hydroxylation sites is 1. The second-order valence-electron chi connectivity index (χ2n) is 6.61. The van der Waals surface area contributed by atoms with Crippen LogP contribution in [0, 0.1) is 5.92 Å². The second-order valence-corrected chi connectivity index (χ2v) is 7.45. The summed E-state index contributed by atoms with van der Waals surface area (Å²) < 4.78 is 47.8. The van der Waals surface area contributed by atoms with E-state index < -0.39 is 17.8 Å². The van der Waals surface area contributed by atoms with Crippen LogP contribution in [-0.2, 0) is 0 Å². The molecular weight excluding hydrogens is 405 g/mol. The van der Waals surface area contributed by atoms with E-state index in [9.17, 15) is 18.3 Å². The molecule has 3 aromatic rings. The number of hydrazone groups is 1. The van der Waals surface area contributed by atoms with Crippen LogP contribution in [-0.4, -0.2) is 39.3 Å². The van der Waals surface area contributed by atoms with Gasteiger partial charge in [-0.25, -0.2) is 4.98 Å². The Bertz CT molecular complexity index is 1100. The van der Waals surface area contributed by atoms with Crippen molar-refractivity contribution in [2.75, 3.05) is 11.6 Å². The molecule has 148 valence electrons. The molecule has 0 bridgehead atoms. The van der Waals surface area contributed by atoms with E-state index in [1.165, 1.54) is 0 Å². The first-order chi connectivity index (χ1) is 13.9. The van der Waals surface area contributed by atoms with Gasteiger partial charge in [0, 0.05) is 17.1 Å². The van der Waals surface area contributed by atoms with E-state index in [-0.39, 0.29) is 17.5 Å².